The number of hydrogen-bond donors (Lipinski definition) is 2. The lowest BCUT2D eigenvalue weighted by Gasteiger charge is -2.35. The van der Waals surface area contributed by atoms with Gasteiger partial charge in [-0.1, -0.05) is 0 Å². The van der Waals surface area contributed by atoms with Gasteiger partial charge in [-0.25, -0.2) is 0 Å². The maximum atomic E-state index is 12.6. The minimum Gasteiger partial charge on any atom is -0.486 e. The second-order valence-corrected chi connectivity index (χ2v) is 8.48. The standard InChI is InChI=1S/C25H24N4O5S/c30-23(17-3-8-20-22(16-17)34-15-14-33-20)27-25(35)26-18-4-6-19(7-5-18)28-9-11-29(12-10-28)24(31)21-2-1-13-32-21/h1-8,13,16H,9-12,14-15H2,(H2,26,27,30,35). The molecule has 0 unspecified atom stereocenters. The first-order valence-corrected chi connectivity index (χ1v) is 11.7. The summed E-state index contributed by atoms with van der Waals surface area (Å²) >= 11 is 5.31. The molecule has 2 aliphatic rings. The van der Waals surface area contributed by atoms with Crippen molar-refractivity contribution in [3.8, 4) is 11.5 Å². The Bertz CT molecular complexity index is 1220. The first-order valence-electron chi connectivity index (χ1n) is 11.3. The van der Waals surface area contributed by atoms with E-state index in [0.29, 0.717) is 49.1 Å². The number of fused-ring (bicyclic) bond motifs is 1. The summed E-state index contributed by atoms with van der Waals surface area (Å²) in [6.07, 6.45) is 1.51. The molecule has 3 aromatic rings. The van der Waals surface area contributed by atoms with E-state index in [4.69, 9.17) is 26.1 Å². The molecule has 1 saturated heterocycles. The Labute approximate surface area is 207 Å². The molecule has 5 rings (SSSR count). The van der Waals surface area contributed by atoms with Crippen LogP contribution in [0.3, 0.4) is 0 Å². The molecule has 35 heavy (non-hydrogen) atoms. The lowest BCUT2D eigenvalue weighted by molar-refractivity contribution is 0.0714. The van der Waals surface area contributed by atoms with E-state index in [9.17, 15) is 9.59 Å². The maximum absolute atomic E-state index is 12.6. The van der Waals surface area contributed by atoms with Crippen molar-refractivity contribution in [3.63, 3.8) is 0 Å². The topological polar surface area (TPSA) is 96.3 Å². The smallest absolute Gasteiger partial charge is 0.289 e. The molecule has 9 nitrogen and oxygen atoms in total. The normalized spacial score (nSPS) is 14.9. The third kappa shape index (κ3) is 5.22. The molecule has 2 aliphatic heterocycles. The number of nitrogens with one attached hydrogen (secondary N) is 2. The second-order valence-electron chi connectivity index (χ2n) is 8.07. The number of hydrogen-bond acceptors (Lipinski definition) is 7. The Balaban J connectivity index is 1.12. The minimum atomic E-state index is -0.335. The number of thiocarbonyl (C=S) groups is 1. The molecule has 2 N–H and O–H groups in total. The van der Waals surface area contributed by atoms with Crippen LogP contribution in [-0.2, 0) is 0 Å². The van der Waals surface area contributed by atoms with Crippen LogP contribution in [0.2, 0.25) is 0 Å². The largest absolute Gasteiger partial charge is 0.486 e. The molecule has 180 valence electrons. The summed E-state index contributed by atoms with van der Waals surface area (Å²) in [7, 11) is 0. The van der Waals surface area contributed by atoms with Crippen molar-refractivity contribution in [2.45, 2.75) is 0 Å². The third-order valence-corrected chi connectivity index (χ3v) is 6.02. The molecule has 0 spiro atoms. The summed E-state index contributed by atoms with van der Waals surface area (Å²) < 4.78 is 16.2. The Morgan fingerprint density at radius 2 is 1.63 bits per heavy atom. The molecule has 0 saturated carbocycles. The average molecular weight is 493 g/mol. The van der Waals surface area contributed by atoms with Crippen LogP contribution in [0.1, 0.15) is 20.9 Å². The number of anilines is 2. The van der Waals surface area contributed by atoms with E-state index in [2.05, 4.69) is 15.5 Å². The highest BCUT2D eigenvalue weighted by Gasteiger charge is 2.24. The van der Waals surface area contributed by atoms with E-state index in [1.165, 1.54) is 6.26 Å². The van der Waals surface area contributed by atoms with Gasteiger partial charge >= 0.3 is 0 Å². The van der Waals surface area contributed by atoms with Gasteiger partial charge in [0.15, 0.2) is 22.4 Å². The maximum Gasteiger partial charge on any atom is 0.289 e. The molecular formula is C25H24N4O5S. The summed E-state index contributed by atoms with van der Waals surface area (Å²) in [4.78, 5) is 29.0. The molecule has 10 heteroatoms. The van der Waals surface area contributed by atoms with Gasteiger partial charge in [0, 0.05) is 43.1 Å². The molecule has 1 aromatic heterocycles. The number of amides is 2. The minimum absolute atomic E-state index is 0.0824. The predicted molar refractivity (Wildman–Crippen MR) is 134 cm³/mol. The van der Waals surface area contributed by atoms with E-state index < -0.39 is 0 Å². The fraction of sp³-hybridized carbons (Fsp3) is 0.240. The third-order valence-electron chi connectivity index (χ3n) is 5.82. The number of furan rings is 1. The van der Waals surface area contributed by atoms with Crippen LogP contribution >= 0.6 is 12.2 Å². The summed E-state index contributed by atoms with van der Waals surface area (Å²) in [6.45, 7) is 3.64. The Hall–Kier alpha value is -4.05. The van der Waals surface area contributed by atoms with Crippen molar-refractivity contribution in [2.24, 2.45) is 0 Å². The SMILES string of the molecule is O=C(NC(=S)Nc1ccc(N2CCN(C(=O)c3ccco3)CC2)cc1)c1ccc2c(c1)OCCO2. The predicted octanol–water partition coefficient (Wildman–Crippen LogP) is 3.14. The summed E-state index contributed by atoms with van der Waals surface area (Å²) in [5.41, 5.74) is 2.23. The van der Waals surface area contributed by atoms with Crippen molar-refractivity contribution in [3.05, 3.63) is 72.2 Å². The van der Waals surface area contributed by atoms with Crippen LogP contribution in [0.25, 0.3) is 0 Å². The molecule has 0 radical (unpaired) electrons. The van der Waals surface area contributed by atoms with Crippen LogP contribution in [-0.4, -0.2) is 61.2 Å². The van der Waals surface area contributed by atoms with Crippen molar-refractivity contribution in [2.75, 3.05) is 49.6 Å². The second kappa shape index (κ2) is 10.1. The average Bonchev–Trinajstić information content (AvgIpc) is 3.43. The summed E-state index contributed by atoms with van der Waals surface area (Å²) in [5.74, 6) is 1.12. The molecule has 2 aromatic carbocycles. The fourth-order valence-corrected chi connectivity index (χ4v) is 4.21. The van der Waals surface area contributed by atoms with Gasteiger partial charge in [-0.3, -0.25) is 14.9 Å². The van der Waals surface area contributed by atoms with Gasteiger partial charge in [0.2, 0.25) is 0 Å². The highest BCUT2D eigenvalue weighted by atomic mass is 32.1. The van der Waals surface area contributed by atoms with Crippen LogP contribution in [0.5, 0.6) is 11.5 Å². The number of benzene rings is 2. The van der Waals surface area contributed by atoms with E-state index in [1.54, 1.807) is 35.2 Å². The number of rotatable bonds is 4. The monoisotopic (exact) mass is 492 g/mol. The van der Waals surface area contributed by atoms with Gasteiger partial charge in [0.05, 0.1) is 6.26 Å². The summed E-state index contributed by atoms with van der Waals surface area (Å²) in [6, 6.07) is 16.2. The number of piperazine rings is 1. The Morgan fingerprint density at radius 3 is 2.34 bits per heavy atom. The fourth-order valence-electron chi connectivity index (χ4n) is 4.00. The molecule has 0 atom stereocenters. The Morgan fingerprint density at radius 1 is 0.886 bits per heavy atom. The van der Waals surface area contributed by atoms with Gasteiger partial charge in [-0.15, -0.1) is 0 Å². The number of carbonyl (C=O) groups is 2. The zero-order valence-electron chi connectivity index (χ0n) is 18.9. The van der Waals surface area contributed by atoms with Crippen LogP contribution < -0.4 is 25.0 Å². The van der Waals surface area contributed by atoms with Crippen LogP contribution in [0.15, 0.2) is 65.3 Å². The zero-order chi connectivity index (χ0) is 24.2. The quantitative estimate of drug-likeness (QED) is 0.537. The van der Waals surface area contributed by atoms with Gasteiger partial charge < -0.3 is 29.0 Å². The lowest BCUT2D eigenvalue weighted by atomic mass is 10.2. The van der Waals surface area contributed by atoms with E-state index in [-0.39, 0.29) is 16.9 Å². The number of nitrogens with zero attached hydrogens (tertiary/aromatic N) is 2. The van der Waals surface area contributed by atoms with Crippen molar-refractivity contribution >= 4 is 40.5 Å². The van der Waals surface area contributed by atoms with Crippen molar-refractivity contribution in [1.82, 2.24) is 10.2 Å². The molecule has 0 bridgehead atoms. The van der Waals surface area contributed by atoms with E-state index in [1.807, 2.05) is 24.3 Å². The molecule has 3 heterocycles. The first-order chi connectivity index (χ1) is 17.1. The molecule has 2 amide bonds. The van der Waals surface area contributed by atoms with Gasteiger partial charge in [0.1, 0.15) is 13.2 Å². The van der Waals surface area contributed by atoms with Crippen LogP contribution in [0, 0.1) is 0 Å². The number of carbonyl (C=O) groups excluding carboxylic acids is 2. The highest BCUT2D eigenvalue weighted by molar-refractivity contribution is 7.80. The molecule has 1 fully saturated rings. The highest BCUT2D eigenvalue weighted by Crippen LogP contribution is 2.30. The summed E-state index contributed by atoms with van der Waals surface area (Å²) in [5, 5.41) is 5.92. The lowest BCUT2D eigenvalue weighted by Crippen LogP contribution is -2.48. The van der Waals surface area contributed by atoms with Crippen molar-refractivity contribution < 1.29 is 23.5 Å². The van der Waals surface area contributed by atoms with Crippen LogP contribution in [0.4, 0.5) is 11.4 Å². The van der Waals surface area contributed by atoms with Crippen molar-refractivity contribution in [1.29, 1.82) is 0 Å². The zero-order valence-corrected chi connectivity index (χ0v) is 19.7. The van der Waals surface area contributed by atoms with E-state index >= 15 is 0 Å². The van der Waals surface area contributed by atoms with E-state index in [0.717, 1.165) is 24.5 Å². The van der Waals surface area contributed by atoms with Gasteiger partial charge in [-0.2, -0.15) is 0 Å². The van der Waals surface area contributed by atoms with Gasteiger partial charge in [0.25, 0.3) is 11.8 Å². The van der Waals surface area contributed by atoms with Gasteiger partial charge in [-0.05, 0) is 66.8 Å². The molecule has 0 aliphatic carbocycles. The molecular weight excluding hydrogens is 468 g/mol. The Kier molecular flexibility index (Phi) is 6.53. The first kappa shape index (κ1) is 22.7. The number of ether oxygens (including phenoxy) is 2.